The van der Waals surface area contributed by atoms with Crippen LogP contribution in [0.1, 0.15) is 54.4 Å². The summed E-state index contributed by atoms with van der Waals surface area (Å²) in [5.41, 5.74) is -1.74. The highest BCUT2D eigenvalue weighted by Gasteiger charge is 2.59. The largest absolute Gasteiger partial charge is 0.465 e. The maximum atomic E-state index is 12.0. The van der Waals surface area contributed by atoms with Crippen molar-refractivity contribution in [1.29, 1.82) is 0 Å². The lowest BCUT2D eigenvalue weighted by Gasteiger charge is -2.41. The first-order valence-electron chi connectivity index (χ1n) is 6.46. The summed E-state index contributed by atoms with van der Waals surface area (Å²) in [7, 11) is 0. The molecule has 0 aliphatic heterocycles. The zero-order valence-electron chi connectivity index (χ0n) is 12.0. The lowest BCUT2D eigenvalue weighted by Crippen LogP contribution is -2.52. The van der Waals surface area contributed by atoms with Gasteiger partial charge >= 0.3 is 5.97 Å². The standard InChI is InChI=1S/C14H26O3/c1-7-17-11(15)13(5,6)14(16)9-12(3,4)8-10(14)2/h10,16H,7-9H2,1-6H3. The number of hydrogen-bond acceptors (Lipinski definition) is 3. The molecule has 0 saturated heterocycles. The van der Waals surface area contributed by atoms with E-state index >= 15 is 0 Å². The first-order chi connectivity index (χ1) is 7.57. The highest BCUT2D eigenvalue weighted by molar-refractivity contribution is 5.77. The summed E-state index contributed by atoms with van der Waals surface area (Å²) >= 11 is 0. The van der Waals surface area contributed by atoms with E-state index in [0.29, 0.717) is 13.0 Å². The molecule has 3 nitrogen and oxygen atoms in total. The molecule has 0 aromatic rings. The van der Waals surface area contributed by atoms with Crippen molar-refractivity contribution in [3.63, 3.8) is 0 Å². The second-order valence-electron chi connectivity index (χ2n) is 6.72. The zero-order chi connectivity index (χ0) is 13.5. The summed E-state index contributed by atoms with van der Waals surface area (Å²) in [5, 5.41) is 10.9. The van der Waals surface area contributed by atoms with Gasteiger partial charge in [-0.05, 0) is 44.9 Å². The molecule has 17 heavy (non-hydrogen) atoms. The molecule has 0 aromatic carbocycles. The van der Waals surface area contributed by atoms with E-state index in [1.54, 1.807) is 20.8 Å². The Morgan fingerprint density at radius 3 is 2.35 bits per heavy atom. The number of aliphatic hydroxyl groups is 1. The van der Waals surface area contributed by atoms with Gasteiger partial charge in [0.2, 0.25) is 0 Å². The molecule has 0 bridgehead atoms. The minimum absolute atomic E-state index is 0.0813. The van der Waals surface area contributed by atoms with Gasteiger partial charge in [0.05, 0.1) is 17.6 Å². The monoisotopic (exact) mass is 242 g/mol. The van der Waals surface area contributed by atoms with Crippen molar-refractivity contribution in [3.05, 3.63) is 0 Å². The van der Waals surface area contributed by atoms with Crippen LogP contribution in [0.3, 0.4) is 0 Å². The molecule has 1 saturated carbocycles. The van der Waals surface area contributed by atoms with E-state index in [1.807, 2.05) is 6.92 Å². The summed E-state index contributed by atoms with van der Waals surface area (Å²) in [5.74, 6) is -0.191. The zero-order valence-corrected chi connectivity index (χ0v) is 12.0. The molecular formula is C14H26O3. The number of carbonyl (C=O) groups excluding carboxylic acids is 1. The molecule has 0 heterocycles. The number of esters is 1. The van der Waals surface area contributed by atoms with Gasteiger partial charge in [-0.1, -0.05) is 20.8 Å². The average Bonchev–Trinajstić information content (AvgIpc) is 2.36. The van der Waals surface area contributed by atoms with E-state index in [-0.39, 0.29) is 17.3 Å². The van der Waals surface area contributed by atoms with Crippen LogP contribution in [0.2, 0.25) is 0 Å². The smallest absolute Gasteiger partial charge is 0.314 e. The molecule has 2 unspecified atom stereocenters. The second kappa shape index (κ2) is 4.27. The minimum Gasteiger partial charge on any atom is -0.465 e. The minimum atomic E-state index is -0.969. The first-order valence-corrected chi connectivity index (χ1v) is 6.46. The fourth-order valence-corrected chi connectivity index (χ4v) is 3.30. The van der Waals surface area contributed by atoms with Crippen molar-refractivity contribution in [3.8, 4) is 0 Å². The fraction of sp³-hybridized carbons (Fsp3) is 0.929. The second-order valence-corrected chi connectivity index (χ2v) is 6.72. The van der Waals surface area contributed by atoms with Crippen molar-refractivity contribution in [2.45, 2.75) is 60.0 Å². The van der Waals surface area contributed by atoms with Crippen molar-refractivity contribution in [2.24, 2.45) is 16.7 Å². The third kappa shape index (κ3) is 2.35. The molecule has 100 valence electrons. The molecular weight excluding hydrogens is 216 g/mol. The van der Waals surface area contributed by atoms with E-state index in [4.69, 9.17) is 4.74 Å². The number of rotatable bonds is 3. The molecule has 2 atom stereocenters. The molecule has 1 aliphatic rings. The Hall–Kier alpha value is -0.570. The van der Waals surface area contributed by atoms with Gasteiger partial charge < -0.3 is 9.84 Å². The average molecular weight is 242 g/mol. The number of hydrogen-bond donors (Lipinski definition) is 1. The van der Waals surface area contributed by atoms with Crippen molar-refractivity contribution in [2.75, 3.05) is 6.61 Å². The van der Waals surface area contributed by atoms with Crippen LogP contribution in [0.15, 0.2) is 0 Å². The third-order valence-electron chi connectivity index (χ3n) is 4.29. The summed E-state index contributed by atoms with van der Waals surface area (Å²) in [6.45, 7) is 12.0. The van der Waals surface area contributed by atoms with Crippen LogP contribution in [-0.4, -0.2) is 23.3 Å². The van der Waals surface area contributed by atoms with Crippen molar-refractivity contribution < 1.29 is 14.6 Å². The van der Waals surface area contributed by atoms with Gasteiger partial charge in [0.1, 0.15) is 0 Å². The van der Waals surface area contributed by atoms with Gasteiger partial charge in [-0.3, -0.25) is 4.79 Å². The van der Waals surface area contributed by atoms with Crippen LogP contribution in [0.25, 0.3) is 0 Å². The predicted molar refractivity (Wildman–Crippen MR) is 67.5 cm³/mol. The predicted octanol–water partition coefficient (Wildman–Crippen LogP) is 2.76. The fourth-order valence-electron chi connectivity index (χ4n) is 3.30. The van der Waals surface area contributed by atoms with Gasteiger partial charge in [-0.25, -0.2) is 0 Å². The topological polar surface area (TPSA) is 46.5 Å². The van der Waals surface area contributed by atoms with Gasteiger partial charge in [0.15, 0.2) is 0 Å². The van der Waals surface area contributed by atoms with Crippen LogP contribution in [0, 0.1) is 16.7 Å². The van der Waals surface area contributed by atoms with E-state index < -0.39 is 11.0 Å². The molecule has 1 fully saturated rings. The Labute approximate surface area is 105 Å². The van der Waals surface area contributed by atoms with Gasteiger partial charge in [0.25, 0.3) is 0 Å². The van der Waals surface area contributed by atoms with Crippen molar-refractivity contribution in [1.82, 2.24) is 0 Å². The Balaban J connectivity index is 3.01. The van der Waals surface area contributed by atoms with E-state index in [1.165, 1.54) is 0 Å². The Morgan fingerprint density at radius 2 is 2.00 bits per heavy atom. The van der Waals surface area contributed by atoms with Crippen LogP contribution in [-0.2, 0) is 9.53 Å². The van der Waals surface area contributed by atoms with Crippen LogP contribution < -0.4 is 0 Å². The first kappa shape index (κ1) is 14.5. The van der Waals surface area contributed by atoms with E-state index in [9.17, 15) is 9.90 Å². The molecule has 1 aliphatic carbocycles. The SMILES string of the molecule is CCOC(=O)C(C)(C)C1(O)CC(C)(C)CC1C. The quantitative estimate of drug-likeness (QED) is 0.774. The van der Waals surface area contributed by atoms with E-state index in [2.05, 4.69) is 13.8 Å². The Bertz CT molecular complexity index is 307. The van der Waals surface area contributed by atoms with Crippen molar-refractivity contribution >= 4 is 5.97 Å². The number of ether oxygens (including phenoxy) is 1. The summed E-state index contributed by atoms with van der Waals surface area (Å²) < 4.78 is 5.10. The molecule has 3 heteroatoms. The van der Waals surface area contributed by atoms with Crippen LogP contribution in [0.4, 0.5) is 0 Å². The molecule has 0 spiro atoms. The summed E-state index contributed by atoms with van der Waals surface area (Å²) in [4.78, 5) is 12.0. The molecule has 1 N–H and O–H groups in total. The molecule has 0 amide bonds. The normalized spacial score (nSPS) is 32.5. The van der Waals surface area contributed by atoms with Gasteiger partial charge in [-0.15, -0.1) is 0 Å². The van der Waals surface area contributed by atoms with Crippen LogP contribution in [0.5, 0.6) is 0 Å². The Kier molecular flexibility index (Phi) is 3.64. The summed E-state index contributed by atoms with van der Waals surface area (Å²) in [6, 6.07) is 0. The highest BCUT2D eigenvalue weighted by atomic mass is 16.5. The number of carbonyl (C=O) groups is 1. The van der Waals surface area contributed by atoms with Crippen LogP contribution >= 0.6 is 0 Å². The molecule has 0 aromatic heterocycles. The summed E-state index contributed by atoms with van der Waals surface area (Å²) in [6.07, 6.45) is 1.58. The van der Waals surface area contributed by atoms with E-state index in [0.717, 1.165) is 6.42 Å². The lowest BCUT2D eigenvalue weighted by molar-refractivity contribution is -0.176. The lowest BCUT2D eigenvalue weighted by atomic mass is 9.69. The molecule has 1 rings (SSSR count). The molecule has 0 radical (unpaired) electrons. The maximum Gasteiger partial charge on any atom is 0.314 e. The van der Waals surface area contributed by atoms with Gasteiger partial charge in [0, 0.05) is 0 Å². The Morgan fingerprint density at radius 1 is 1.47 bits per heavy atom. The highest BCUT2D eigenvalue weighted by Crippen LogP contribution is 2.55. The van der Waals surface area contributed by atoms with Gasteiger partial charge in [-0.2, -0.15) is 0 Å². The maximum absolute atomic E-state index is 12.0. The third-order valence-corrected chi connectivity index (χ3v) is 4.29.